The molecule has 182 valence electrons. The molecule has 0 heterocycles. The molecule has 0 bridgehead atoms. The van der Waals surface area contributed by atoms with Crippen LogP contribution in [0.15, 0.2) is 22.8 Å². The second-order valence-electron chi connectivity index (χ2n) is 12.3. The zero-order chi connectivity index (χ0) is 23.4. The lowest BCUT2D eigenvalue weighted by molar-refractivity contribution is -0.111. The molecule has 0 aromatic heterocycles. The molecule has 4 nitrogen and oxygen atoms in total. The number of fused-ring (bicyclic) bond motifs is 5. The topological polar surface area (TPSA) is 80.9 Å². The molecule has 4 rings (SSSR count). The summed E-state index contributed by atoms with van der Waals surface area (Å²) >= 11 is 0. The Bertz CT molecular complexity index is 771. The predicted octanol–water partition coefficient (Wildman–Crippen LogP) is 4.61. The van der Waals surface area contributed by atoms with Crippen molar-refractivity contribution in [2.45, 2.75) is 104 Å². The van der Waals surface area contributed by atoms with Crippen LogP contribution < -0.4 is 0 Å². The molecule has 4 aliphatic rings. The van der Waals surface area contributed by atoms with Crippen molar-refractivity contribution in [3.63, 3.8) is 0 Å². The normalized spacial score (nSPS) is 46.3. The molecule has 4 aliphatic carbocycles. The van der Waals surface area contributed by atoms with Crippen molar-refractivity contribution in [1.82, 2.24) is 0 Å². The lowest BCUT2D eigenvalue weighted by atomic mass is 9.46. The van der Waals surface area contributed by atoms with Gasteiger partial charge in [0.2, 0.25) is 0 Å². The first-order chi connectivity index (χ1) is 15.0. The van der Waals surface area contributed by atoms with Crippen LogP contribution in [-0.2, 0) is 0 Å². The molecule has 0 radical (unpaired) electrons. The van der Waals surface area contributed by atoms with Crippen LogP contribution in [0.4, 0.5) is 0 Å². The largest absolute Gasteiger partial charge is 0.393 e. The second kappa shape index (κ2) is 8.83. The molecule has 3 saturated carbocycles. The molecule has 0 aromatic rings. The Morgan fingerprint density at radius 1 is 1.09 bits per heavy atom. The number of hydrogen-bond donors (Lipinski definition) is 4. The highest BCUT2D eigenvalue weighted by atomic mass is 16.3. The maximum absolute atomic E-state index is 11.1. The second-order valence-corrected chi connectivity index (χ2v) is 12.3. The average molecular weight is 447 g/mol. The lowest BCUT2D eigenvalue weighted by Crippen LogP contribution is -2.55. The molecule has 0 aromatic carbocycles. The van der Waals surface area contributed by atoms with Gasteiger partial charge in [-0.05, 0) is 99.4 Å². The van der Waals surface area contributed by atoms with Gasteiger partial charge in [-0.1, -0.05) is 38.0 Å². The van der Waals surface area contributed by atoms with E-state index in [1.54, 1.807) is 0 Å². The van der Waals surface area contributed by atoms with Crippen LogP contribution in [0.3, 0.4) is 0 Å². The van der Waals surface area contributed by atoms with Gasteiger partial charge in [0.15, 0.2) is 0 Å². The lowest BCUT2D eigenvalue weighted by Gasteiger charge is -2.59. The summed E-state index contributed by atoms with van der Waals surface area (Å²) in [5.41, 5.74) is 3.44. The van der Waals surface area contributed by atoms with Crippen molar-refractivity contribution in [2.75, 3.05) is 6.61 Å². The van der Waals surface area contributed by atoms with Crippen molar-refractivity contribution in [3.8, 4) is 0 Å². The van der Waals surface area contributed by atoms with E-state index in [9.17, 15) is 20.4 Å². The molecule has 0 amide bonds. The predicted molar refractivity (Wildman–Crippen MR) is 128 cm³/mol. The molecule has 0 saturated heterocycles. The van der Waals surface area contributed by atoms with Crippen molar-refractivity contribution < 1.29 is 20.4 Å². The van der Waals surface area contributed by atoms with Crippen molar-refractivity contribution in [2.24, 2.45) is 40.4 Å². The third-order valence-corrected chi connectivity index (χ3v) is 11.0. The van der Waals surface area contributed by atoms with Crippen LogP contribution in [0.25, 0.3) is 0 Å². The minimum Gasteiger partial charge on any atom is -0.393 e. The fourth-order valence-corrected chi connectivity index (χ4v) is 8.68. The van der Waals surface area contributed by atoms with Crippen LogP contribution >= 0.6 is 0 Å². The van der Waals surface area contributed by atoms with Crippen molar-refractivity contribution in [3.05, 3.63) is 22.8 Å². The van der Waals surface area contributed by atoms with Gasteiger partial charge in [0.05, 0.1) is 24.9 Å². The maximum Gasteiger partial charge on any atom is 0.0658 e. The molecular formula is C28H46O4. The summed E-state index contributed by atoms with van der Waals surface area (Å²) in [6, 6.07) is 0. The minimum absolute atomic E-state index is 0.0658. The zero-order valence-corrected chi connectivity index (χ0v) is 20.8. The number of aliphatic hydroxyl groups excluding tert-OH is 4. The number of aliphatic hydroxyl groups is 4. The van der Waals surface area contributed by atoms with Gasteiger partial charge in [0.25, 0.3) is 0 Å². The Hall–Kier alpha value is -0.680. The van der Waals surface area contributed by atoms with E-state index in [4.69, 9.17) is 0 Å². The van der Waals surface area contributed by atoms with Gasteiger partial charge in [-0.2, -0.15) is 0 Å². The molecule has 3 fully saturated rings. The van der Waals surface area contributed by atoms with Crippen molar-refractivity contribution in [1.29, 1.82) is 0 Å². The first-order valence-electron chi connectivity index (χ1n) is 13.0. The quantitative estimate of drug-likeness (QED) is 0.465. The molecule has 0 unspecified atom stereocenters. The van der Waals surface area contributed by atoms with E-state index < -0.39 is 12.2 Å². The molecule has 32 heavy (non-hydrogen) atoms. The van der Waals surface area contributed by atoms with Gasteiger partial charge in [-0.3, -0.25) is 0 Å². The molecule has 0 aliphatic heterocycles. The van der Waals surface area contributed by atoms with E-state index in [0.717, 1.165) is 30.4 Å². The van der Waals surface area contributed by atoms with E-state index in [-0.39, 0.29) is 29.5 Å². The Labute approximate surface area is 194 Å². The fourth-order valence-electron chi connectivity index (χ4n) is 8.68. The first kappa shape index (κ1) is 24.4. The summed E-state index contributed by atoms with van der Waals surface area (Å²) in [7, 11) is 0. The van der Waals surface area contributed by atoms with Crippen LogP contribution in [-0.4, -0.2) is 45.3 Å². The molecular weight excluding hydrogens is 400 g/mol. The summed E-state index contributed by atoms with van der Waals surface area (Å²) in [6.07, 6.45) is 8.83. The Balaban J connectivity index is 1.54. The summed E-state index contributed by atoms with van der Waals surface area (Å²) in [4.78, 5) is 0. The highest BCUT2D eigenvalue weighted by molar-refractivity contribution is 5.27. The van der Waals surface area contributed by atoms with Gasteiger partial charge >= 0.3 is 0 Å². The van der Waals surface area contributed by atoms with E-state index in [0.29, 0.717) is 36.5 Å². The summed E-state index contributed by atoms with van der Waals surface area (Å²) < 4.78 is 0. The van der Waals surface area contributed by atoms with Crippen LogP contribution in [0.2, 0.25) is 0 Å². The first-order valence-corrected chi connectivity index (χ1v) is 13.0. The summed E-state index contributed by atoms with van der Waals surface area (Å²) in [5, 5.41) is 41.9. The van der Waals surface area contributed by atoms with Crippen LogP contribution in [0, 0.1) is 40.4 Å². The number of rotatable bonds is 5. The van der Waals surface area contributed by atoms with E-state index in [1.807, 2.05) is 13.8 Å². The monoisotopic (exact) mass is 446 g/mol. The number of allylic oxidation sites excluding steroid dienone is 1. The van der Waals surface area contributed by atoms with E-state index in [1.165, 1.54) is 24.8 Å². The summed E-state index contributed by atoms with van der Waals surface area (Å²) in [6.45, 7) is 11.0. The Morgan fingerprint density at radius 3 is 2.50 bits per heavy atom. The van der Waals surface area contributed by atoms with Crippen molar-refractivity contribution >= 4 is 0 Å². The van der Waals surface area contributed by atoms with Gasteiger partial charge in [0.1, 0.15) is 0 Å². The molecule has 4 N–H and O–H groups in total. The van der Waals surface area contributed by atoms with Gasteiger partial charge in [-0.15, -0.1) is 0 Å². The smallest absolute Gasteiger partial charge is 0.0658 e. The molecule has 4 heteroatoms. The van der Waals surface area contributed by atoms with Gasteiger partial charge < -0.3 is 20.4 Å². The summed E-state index contributed by atoms with van der Waals surface area (Å²) in [5.74, 6) is 2.50. The standard InChI is InChI=1S/C28H46O4/c1-16(17(2)15-29)12-25(31)18(3)22-8-9-23-21-7-6-19-13-20(30)14-26(32)28(19,5)24(21)10-11-27(22,23)4/h6,18,20-26,29-32H,7-15H2,1-5H3/t18-,20+,21-,22+,23-,24-,25+,26-,27+,28-/m0/s1. The SMILES string of the molecule is CC(CO)=C(C)C[C@@H](O)[C@@H](C)[C@H]1CC[C@H]2[C@@H]3CC=C4C[C@@H](O)C[C@H](O)[C@]4(C)[C@H]3CC[C@]12C. The third kappa shape index (κ3) is 3.74. The van der Waals surface area contributed by atoms with Crippen LogP contribution in [0.1, 0.15) is 86.0 Å². The van der Waals surface area contributed by atoms with Gasteiger partial charge in [0, 0.05) is 11.8 Å². The Kier molecular flexibility index (Phi) is 6.75. The fraction of sp³-hybridized carbons (Fsp3) is 0.857. The zero-order valence-electron chi connectivity index (χ0n) is 20.8. The third-order valence-electron chi connectivity index (χ3n) is 11.0. The van der Waals surface area contributed by atoms with Crippen LogP contribution in [0.5, 0.6) is 0 Å². The van der Waals surface area contributed by atoms with E-state index in [2.05, 4.69) is 26.8 Å². The number of hydrogen-bond acceptors (Lipinski definition) is 4. The van der Waals surface area contributed by atoms with E-state index >= 15 is 0 Å². The highest BCUT2D eigenvalue weighted by Gasteiger charge is 2.61. The molecule has 10 atom stereocenters. The highest BCUT2D eigenvalue weighted by Crippen LogP contribution is 2.67. The average Bonchev–Trinajstić information content (AvgIpc) is 3.10. The maximum atomic E-state index is 11.1. The molecule has 0 spiro atoms. The Morgan fingerprint density at radius 2 is 1.81 bits per heavy atom. The van der Waals surface area contributed by atoms with Gasteiger partial charge in [-0.25, -0.2) is 0 Å². The minimum atomic E-state index is -0.447.